The summed E-state index contributed by atoms with van der Waals surface area (Å²) in [6.45, 7) is 4.07. The minimum absolute atomic E-state index is 0.137. The van der Waals surface area contributed by atoms with Crippen LogP contribution in [0, 0.1) is 0 Å². The molecule has 1 aromatic heterocycles. The van der Waals surface area contributed by atoms with Gasteiger partial charge in [0.1, 0.15) is 34.0 Å². The number of unbranched alkanes of at least 4 members (excludes halogenated alkanes) is 1. The van der Waals surface area contributed by atoms with Gasteiger partial charge in [0.05, 0.1) is 20.8 Å². The van der Waals surface area contributed by atoms with Gasteiger partial charge in [0.25, 0.3) is 0 Å². The quantitative estimate of drug-likeness (QED) is 0.464. The highest BCUT2D eigenvalue weighted by molar-refractivity contribution is 5.86. The van der Waals surface area contributed by atoms with Crippen LogP contribution in [0.3, 0.4) is 0 Å². The maximum atomic E-state index is 13.0. The van der Waals surface area contributed by atoms with Gasteiger partial charge in [-0.05, 0) is 69.6 Å². The Balaban J connectivity index is 1.54. The van der Waals surface area contributed by atoms with E-state index in [2.05, 4.69) is 4.90 Å². The van der Waals surface area contributed by atoms with Gasteiger partial charge in [-0.25, -0.2) is 0 Å². The van der Waals surface area contributed by atoms with Gasteiger partial charge < -0.3 is 23.5 Å². The van der Waals surface area contributed by atoms with Crippen molar-refractivity contribution in [1.82, 2.24) is 4.90 Å². The number of nitrogens with zero attached hydrogens (tertiary/aromatic N) is 1. The van der Waals surface area contributed by atoms with Gasteiger partial charge in [-0.15, -0.1) is 0 Å². The van der Waals surface area contributed by atoms with Crippen molar-refractivity contribution in [2.24, 2.45) is 0 Å². The summed E-state index contributed by atoms with van der Waals surface area (Å²) in [6.07, 6.45) is 4.63. The molecule has 0 amide bonds. The lowest BCUT2D eigenvalue weighted by Crippen LogP contribution is -2.20. The molecule has 6 nitrogen and oxygen atoms in total. The van der Waals surface area contributed by atoms with Crippen LogP contribution in [0.1, 0.15) is 25.7 Å². The Kier molecular flexibility index (Phi) is 6.77. The summed E-state index contributed by atoms with van der Waals surface area (Å²) < 4.78 is 22.7. The minimum Gasteiger partial charge on any atom is -0.497 e. The van der Waals surface area contributed by atoms with Crippen molar-refractivity contribution in [2.75, 3.05) is 40.5 Å². The van der Waals surface area contributed by atoms with E-state index in [1.54, 1.807) is 26.4 Å². The smallest absolute Gasteiger partial charge is 0.197 e. The van der Waals surface area contributed by atoms with Crippen molar-refractivity contribution in [1.29, 1.82) is 0 Å². The minimum atomic E-state index is -0.137. The van der Waals surface area contributed by atoms with Crippen LogP contribution in [0.15, 0.2) is 51.7 Å². The second-order valence-electron chi connectivity index (χ2n) is 7.81. The molecule has 0 unspecified atom stereocenters. The fourth-order valence-electron chi connectivity index (χ4n) is 3.98. The van der Waals surface area contributed by atoms with E-state index in [9.17, 15) is 4.79 Å². The summed E-state index contributed by atoms with van der Waals surface area (Å²) in [6, 6.07) is 12.4. The fraction of sp³-hybridized carbons (Fsp3) is 0.400. The van der Waals surface area contributed by atoms with E-state index in [4.69, 9.17) is 18.6 Å². The molecule has 0 spiro atoms. The zero-order valence-corrected chi connectivity index (χ0v) is 18.2. The van der Waals surface area contributed by atoms with Crippen molar-refractivity contribution in [3.8, 4) is 28.6 Å². The van der Waals surface area contributed by atoms with Crippen molar-refractivity contribution in [3.63, 3.8) is 0 Å². The van der Waals surface area contributed by atoms with Gasteiger partial charge in [-0.2, -0.15) is 0 Å². The van der Waals surface area contributed by atoms with Gasteiger partial charge in [0.15, 0.2) is 5.43 Å². The van der Waals surface area contributed by atoms with Crippen LogP contribution in [0.25, 0.3) is 22.3 Å². The van der Waals surface area contributed by atoms with Crippen LogP contribution in [0.2, 0.25) is 0 Å². The first-order valence-corrected chi connectivity index (χ1v) is 10.8. The third-order valence-electron chi connectivity index (χ3n) is 5.70. The summed E-state index contributed by atoms with van der Waals surface area (Å²) in [5.41, 5.74) is 1.11. The first-order chi connectivity index (χ1) is 15.2. The maximum Gasteiger partial charge on any atom is 0.197 e. The average Bonchev–Trinajstić information content (AvgIpc) is 3.32. The van der Waals surface area contributed by atoms with Crippen molar-refractivity contribution in [3.05, 3.63) is 52.7 Å². The predicted molar refractivity (Wildman–Crippen MR) is 121 cm³/mol. The summed E-state index contributed by atoms with van der Waals surface area (Å²) in [5.74, 6) is 2.33. The summed E-state index contributed by atoms with van der Waals surface area (Å²) in [4.78, 5) is 15.5. The molecule has 0 atom stereocenters. The number of hydrogen-bond donors (Lipinski definition) is 0. The molecule has 6 heteroatoms. The van der Waals surface area contributed by atoms with Gasteiger partial charge in [-0.1, -0.05) is 0 Å². The molecule has 2 heterocycles. The molecule has 4 rings (SSSR count). The van der Waals surface area contributed by atoms with E-state index in [-0.39, 0.29) is 5.43 Å². The first kappa shape index (κ1) is 21.2. The third kappa shape index (κ3) is 5.02. The van der Waals surface area contributed by atoms with E-state index in [1.165, 1.54) is 32.0 Å². The van der Waals surface area contributed by atoms with Gasteiger partial charge >= 0.3 is 0 Å². The van der Waals surface area contributed by atoms with Crippen molar-refractivity contribution < 1.29 is 18.6 Å². The molecule has 1 saturated heterocycles. The highest BCUT2D eigenvalue weighted by Crippen LogP contribution is 2.32. The monoisotopic (exact) mass is 423 g/mol. The molecule has 0 saturated carbocycles. The largest absolute Gasteiger partial charge is 0.497 e. The third-order valence-corrected chi connectivity index (χ3v) is 5.70. The van der Waals surface area contributed by atoms with E-state index in [1.807, 2.05) is 24.3 Å². The molecule has 2 aromatic carbocycles. The lowest BCUT2D eigenvalue weighted by atomic mass is 10.1. The van der Waals surface area contributed by atoms with Crippen LogP contribution >= 0.6 is 0 Å². The predicted octanol–water partition coefficient (Wildman–Crippen LogP) is 4.73. The molecule has 31 heavy (non-hydrogen) atoms. The number of fused-ring (bicyclic) bond motifs is 1. The maximum absolute atomic E-state index is 13.0. The standard InChI is InChI=1S/C25H29NO5/c1-28-19-9-7-18(8-10-19)22-17-21(27)25-23(15-20(29-2)16-24(25)31-22)30-14-6-5-13-26-11-3-4-12-26/h7-10,15-17H,3-6,11-14H2,1-2H3. The molecule has 1 aliphatic rings. The molecule has 164 valence electrons. The first-order valence-electron chi connectivity index (χ1n) is 10.8. The lowest BCUT2D eigenvalue weighted by Gasteiger charge is -2.15. The lowest BCUT2D eigenvalue weighted by molar-refractivity contribution is 0.280. The normalized spacial score (nSPS) is 14.1. The molecule has 0 radical (unpaired) electrons. The summed E-state index contributed by atoms with van der Waals surface area (Å²) in [5, 5.41) is 0.442. The van der Waals surface area contributed by atoms with Crippen molar-refractivity contribution in [2.45, 2.75) is 25.7 Å². The Labute approximate surface area is 182 Å². The number of likely N-dealkylation sites (tertiary alicyclic amines) is 1. The van der Waals surface area contributed by atoms with E-state index < -0.39 is 0 Å². The van der Waals surface area contributed by atoms with Crippen LogP contribution in [-0.4, -0.2) is 45.4 Å². The summed E-state index contributed by atoms with van der Waals surface area (Å²) >= 11 is 0. The van der Waals surface area contributed by atoms with Gasteiger partial charge in [-0.3, -0.25) is 4.79 Å². The number of methoxy groups -OCH3 is 2. The molecule has 0 bridgehead atoms. The Morgan fingerprint density at radius 3 is 2.39 bits per heavy atom. The van der Waals surface area contributed by atoms with Gasteiger partial charge in [0, 0.05) is 23.8 Å². The number of hydrogen-bond acceptors (Lipinski definition) is 6. The van der Waals surface area contributed by atoms with E-state index >= 15 is 0 Å². The second-order valence-corrected chi connectivity index (χ2v) is 7.81. The summed E-state index contributed by atoms with van der Waals surface area (Å²) in [7, 11) is 3.21. The molecule has 1 fully saturated rings. The van der Waals surface area contributed by atoms with E-state index in [0.717, 1.165) is 30.7 Å². The van der Waals surface area contributed by atoms with Crippen LogP contribution < -0.4 is 19.6 Å². The number of ether oxygens (including phenoxy) is 3. The molecule has 0 aliphatic carbocycles. The Hall–Kier alpha value is -2.99. The number of rotatable bonds is 9. The fourth-order valence-corrected chi connectivity index (χ4v) is 3.98. The van der Waals surface area contributed by atoms with Crippen LogP contribution in [0.5, 0.6) is 17.2 Å². The zero-order chi connectivity index (χ0) is 21.6. The van der Waals surface area contributed by atoms with Crippen LogP contribution in [0.4, 0.5) is 0 Å². The Morgan fingerprint density at radius 2 is 1.68 bits per heavy atom. The molecule has 1 aliphatic heterocycles. The molecular formula is C25H29NO5. The average molecular weight is 424 g/mol. The SMILES string of the molecule is COc1ccc(-c2cc(=O)c3c(OCCCCN4CCCC4)cc(OC)cc3o2)cc1. The Morgan fingerprint density at radius 1 is 0.935 bits per heavy atom. The van der Waals surface area contributed by atoms with E-state index in [0.29, 0.717) is 34.8 Å². The highest BCUT2D eigenvalue weighted by atomic mass is 16.5. The number of benzene rings is 2. The topological polar surface area (TPSA) is 61.1 Å². The van der Waals surface area contributed by atoms with Crippen LogP contribution in [-0.2, 0) is 0 Å². The molecular weight excluding hydrogens is 394 g/mol. The van der Waals surface area contributed by atoms with Crippen molar-refractivity contribution >= 4 is 11.0 Å². The second kappa shape index (κ2) is 9.88. The zero-order valence-electron chi connectivity index (χ0n) is 18.2. The molecule has 0 N–H and O–H groups in total. The highest BCUT2D eigenvalue weighted by Gasteiger charge is 2.15. The Bertz CT molecular complexity index is 1070. The van der Waals surface area contributed by atoms with Gasteiger partial charge in [0.2, 0.25) is 0 Å². The molecule has 3 aromatic rings.